The molecule has 1 unspecified atom stereocenters. The third-order valence-electron chi connectivity index (χ3n) is 6.98. The number of anilines is 2. The van der Waals surface area contributed by atoms with Gasteiger partial charge in [0.2, 0.25) is 5.91 Å². The van der Waals surface area contributed by atoms with Crippen LogP contribution in [0.4, 0.5) is 11.4 Å². The Morgan fingerprint density at radius 2 is 1.92 bits per heavy atom. The van der Waals surface area contributed by atoms with E-state index in [1.165, 1.54) is 0 Å². The maximum atomic E-state index is 13.8. The molecule has 8 heteroatoms. The summed E-state index contributed by atoms with van der Waals surface area (Å²) in [5.41, 5.74) is 3.07. The van der Waals surface area contributed by atoms with Crippen LogP contribution in [0.15, 0.2) is 48.8 Å². The monoisotopic (exact) mass is 520 g/mol. The lowest BCUT2D eigenvalue weighted by Crippen LogP contribution is -2.41. The van der Waals surface area contributed by atoms with E-state index in [9.17, 15) is 9.59 Å². The van der Waals surface area contributed by atoms with Gasteiger partial charge < -0.3 is 10.1 Å². The highest BCUT2D eigenvalue weighted by atomic mass is 35.5. The number of carbonyl (C=O) groups is 2. The van der Waals surface area contributed by atoms with Crippen molar-refractivity contribution in [1.82, 2.24) is 15.1 Å². The van der Waals surface area contributed by atoms with Gasteiger partial charge >= 0.3 is 0 Å². The fourth-order valence-electron chi connectivity index (χ4n) is 5.06. The summed E-state index contributed by atoms with van der Waals surface area (Å²) in [6.07, 6.45) is 6.97. The van der Waals surface area contributed by atoms with Crippen molar-refractivity contribution in [2.45, 2.75) is 71.1 Å². The van der Waals surface area contributed by atoms with Crippen molar-refractivity contribution in [2.24, 2.45) is 0 Å². The first kappa shape index (κ1) is 25.5. The number of nitrogens with one attached hydrogen (secondary N) is 1. The molecule has 2 aliphatic heterocycles. The zero-order valence-electron chi connectivity index (χ0n) is 22.0. The maximum absolute atomic E-state index is 13.8. The predicted molar refractivity (Wildman–Crippen MR) is 145 cm³/mol. The Morgan fingerprint density at radius 3 is 2.62 bits per heavy atom. The fraction of sp³-hybridized carbons (Fsp3) is 0.414. The Balaban J connectivity index is 1.55. The molecular weight excluding hydrogens is 488 g/mol. The Bertz CT molecular complexity index is 1370. The Morgan fingerprint density at radius 1 is 1.14 bits per heavy atom. The fourth-order valence-corrected chi connectivity index (χ4v) is 5.31. The van der Waals surface area contributed by atoms with E-state index in [0.29, 0.717) is 10.7 Å². The normalized spacial score (nSPS) is 19.1. The second kappa shape index (κ2) is 9.30. The van der Waals surface area contributed by atoms with Gasteiger partial charge in [-0.2, -0.15) is 5.10 Å². The third-order valence-corrected chi connectivity index (χ3v) is 7.30. The quantitative estimate of drug-likeness (QED) is 0.432. The van der Waals surface area contributed by atoms with E-state index in [4.69, 9.17) is 16.3 Å². The molecule has 1 N–H and O–H groups in total. The number of fused-ring (bicyclic) bond motifs is 1. The molecule has 0 saturated carbocycles. The van der Waals surface area contributed by atoms with Crippen molar-refractivity contribution < 1.29 is 14.3 Å². The number of amides is 2. The van der Waals surface area contributed by atoms with Gasteiger partial charge in [-0.1, -0.05) is 23.7 Å². The minimum atomic E-state index is -0.798. The van der Waals surface area contributed by atoms with Crippen molar-refractivity contribution >= 4 is 34.8 Å². The van der Waals surface area contributed by atoms with Crippen LogP contribution in [-0.4, -0.2) is 33.7 Å². The van der Waals surface area contributed by atoms with E-state index in [2.05, 4.69) is 16.5 Å². The molecule has 0 spiro atoms. The van der Waals surface area contributed by atoms with Crippen molar-refractivity contribution in [3.63, 3.8) is 0 Å². The van der Waals surface area contributed by atoms with Gasteiger partial charge in [0.25, 0.3) is 5.91 Å². The highest BCUT2D eigenvalue weighted by Crippen LogP contribution is 2.48. The molecule has 37 heavy (non-hydrogen) atoms. The summed E-state index contributed by atoms with van der Waals surface area (Å²) in [5, 5.41) is 7.83. The zero-order chi connectivity index (χ0) is 26.5. The first-order chi connectivity index (χ1) is 17.5. The van der Waals surface area contributed by atoms with Crippen molar-refractivity contribution in [1.29, 1.82) is 0 Å². The SMILES string of the molecule is CC(C)(C)NC(=O)c1c(Cl)cccc1N1C(=O)C(C)(C)c2cc(-c3cnn(C4CCCCO4)c3)ccc21. The molecule has 1 atom stereocenters. The second-order valence-electron chi connectivity index (χ2n) is 11.4. The van der Waals surface area contributed by atoms with Crippen molar-refractivity contribution in [3.8, 4) is 11.1 Å². The predicted octanol–water partition coefficient (Wildman–Crippen LogP) is 6.39. The number of halogens is 1. The van der Waals surface area contributed by atoms with E-state index in [1.807, 2.05) is 63.8 Å². The number of hydrogen-bond acceptors (Lipinski definition) is 4. The largest absolute Gasteiger partial charge is 0.357 e. The molecule has 1 aromatic heterocycles. The highest BCUT2D eigenvalue weighted by molar-refractivity contribution is 6.35. The average Bonchev–Trinajstić information content (AvgIpc) is 3.40. The van der Waals surface area contributed by atoms with Gasteiger partial charge in [-0.15, -0.1) is 0 Å². The zero-order valence-corrected chi connectivity index (χ0v) is 22.7. The third kappa shape index (κ3) is 4.66. The molecule has 0 radical (unpaired) electrons. The second-order valence-corrected chi connectivity index (χ2v) is 11.8. The number of benzene rings is 2. The molecule has 7 nitrogen and oxygen atoms in total. The van der Waals surface area contributed by atoms with Gasteiger partial charge in [0.1, 0.15) is 6.23 Å². The summed E-state index contributed by atoms with van der Waals surface area (Å²) in [6, 6.07) is 11.2. The Labute approximate surface area is 222 Å². The molecule has 194 valence electrons. The van der Waals surface area contributed by atoms with Crippen LogP contribution >= 0.6 is 11.6 Å². The van der Waals surface area contributed by atoms with Gasteiger partial charge in [-0.3, -0.25) is 14.5 Å². The smallest absolute Gasteiger partial charge is 0.255 e. The van der Waals surface area contributed by atoms with Crippen LogP contribution in [0.2, 0.25) is 5.02 Å². The minimum Gasteiger partial charge on any atom is -0.357 e. The van der Waals surface area contributed by atoms with Crippen LogP contribution in [-0.2, 0) is 14.9 Å². The standard InChI is InChI=1S/C29H33ClN4O3/c1-28(2,3)32-26(35)25-21(30)9-8-10-23(25)34-22-13-12-18(15-20(22)29(4,5)27(34)36)19-16-31-33(17-19)24-11-6-7-14-37-24/h8-10,12-13,15-17,24H,6-7,11,14H2,1-5H3,(H,32,35). The van der Waals surface area contributed by atoms with E-state index < -0.39 is 11.0 Å². The molecule has 2 aliphatic rings. The van der Waals surface area contributed by atoms with Gasteiger partial charge in [0, 0.05) is 23.9 Å². The molecule has 3 aromatic rings. The summed E-state index contributed by atoms with van der Waals surface area (Å²) < 4.78 is 7.76. The van der Waals surface area contributed by atoms with E-state index >= 15 is 0 Å². The van der Waals surface area contributed by atoms with Crippen LogP contribution in [0.25, 0.3) is 11.1 Å². The number of hydrogen-bond donors (Lipinski definition) is 1. The lowest BCUT2D eigenvalue weighted by atomic mass is 9.85. The summed E-state index contributed by atoms with van der Waals surface area (Å²) in [4.78, 5) is 28.7. The number of rotatable bonds is 4. The minimum absolute atomic E-state index is 0.0362. The van der Waals surface area contributed by atoms with Gasteiger partial charge in [-0.25, -0.2) is 4.68 Å². The first-order valence-corrected chi connectivity index (χ1v) is 13.1. The number of carbonyl (C=O) groups excluding carboxylic acids is 2. The molecule has 5 rings (SSSR count). The molecule has 0 aliphatic carbocycles. The molecule has 3 heterocycles. The summed E-state index contributed by atoms with van der Waals surface area (Å²) in [5.74, 6) is -0.431. The Kier molecular flexibility index (Phi) is 6.40. The molecule has 2 aromatic carbocycles. The topological polar surface area (TPSA) is 76.5 Å². The van der Waals surface area contributed by atoms with Crippen LogP contribution < -0.4 is 10.2 Å². The van der Waals surface area contributed by atoms with E-state index in [-0.39, 0.29) is 23.6 Å². The van der Waals surface area contributed by atoms with Crippen LogP contribution in [0.5, 0.6) is 0 Å². The first-order valence-electron chi connectivity index (χ1n) is 12.7. The Hall–Kier alpha value is -3.16. The molecule has 1 fully saturated rings. The van der Waals surface area contributed by atoms with Gasteiger partial charge in [0.05, 0.1) is 33.6 Å². The lowest BCUT2D eigenvalue weighted by Gasteiger charge is -2.26. The number of nitrogens with zero attached hydrogens (tertiary/aromatic N) is 3. The molecular formula is C29H33ClN4O3. The number of ether oxygens (including phenoxy) is 1. The maximum Gasteiger partial charge on any atom is 0.255 e. The van der Waals surface area contributed by atoms with Gasteiger partial charge in [0.15, 0.2) is 0 Å². The highest BCUT2D eigenvalue weighted by Gasteiger charge is 2.46. The molecule has 0 bridgehead atoms. The van der Waals surface area contributed by atoms with Crippen molar-refractivity contribution in [2.75, 3.05) is 11.5 Å². The lowest BCUT2D eigenvalue weighted by molar-refractivity contribution is -0.121. The number of aromatic nitrogens is 2. The van der Waals surface area contributed by atoms with Crippen LogP contribution in [0.3, 0.4) is 0 Å². The molecule has 2 amide bonds. The molecule has 1 saturated heterocycles. The van der Waals surface area contributed by atoms with Crippen LogP contribution in [0, 0.1) is 0 Å². The average molecular weight is 521 g/mol. The summed E-state index contributed by atoms with van der Waals surface area (Å²) >= 11 is 6.53. The van der Waals surface area contributed by atoms with E-state index in [0.717, 1.165) is 48.2 Å². The van der Waals surface area contributed by atoms with Crippen LogP contribution in [0.1, 0.15) is 76.0 Å². The van der Waals surface area contributed by atoms with Crippen molar-refractivity contribution in [3.05, 3.63) is 64.9 Å². The van der Waals surface area contributed by atoms with E-state index in [1.54, 1.807) is 23.1 Å². The summed E-state index contributed by atoms with van der Waals surface area (Å²) in [7, 11) is 0. The summed E-state index contributed by atoms with van der Waals surface area (Å²) in [6.45, 7) is 10.3. The van der Waals surface area contributed by atoms with Gasteiger partial charge in [-0.05, 0) is 89.3 Å².